The molecule has 1 fully saturated rings. The molecule has 1 atom stereocenters. The Morgan fingerprint density at radius 2 is 2.17 bits per heavy atom. The minimum absolute atomic E-state index is 0.181. The molecule has 2 aromatic rings. The molecule has 7 nitrogen and oxygen atoms in total. The first kappa shape index (κ1) is 16.9. The lowest BCUT2D eigenvalue weighted by atomic mass is 9.92. The lowest BCUT2D eigenvalue weighted by Crippen LogP contribution is -2.39. The smallest absolute Gasteiger partial charge is 0.246 e. The van der Waals surface area contributed by atoms with Gasteiger partial charge in [0, 0.05) is 39.6 Å². The molecule has 24 heavy (non-hydrogen) atoms. The maximum atomic E-state index is 13.0. The van der Waals surface area contributed by atoms with Crippen molar-refractivity contribution in [3.8, 4) is 0 Å². The zero-order valence-electron chi connectivity index (χ0n) is 14.2. The van der Waals surface area contributed by atoms with Crippen molar-refractivity contribution >= 4 is 15.8 Å². The summed E-state index contributed by atoms with van der Waals surface area (Å²) < 4.78 is 29.1. The van der Waals surface area contributed by atoms with Crippen molar-refractivity contribution in [1.82, 2.24) is 19.1 Å². The summed E-state index contributed by atoms with van der Waals surface area (Å²) in [5.41, 5.74) is 1.66. The Balaban J connectivity index is 1.86. The second-order valence-electron chi connectivity index (χ2n) is 6.18. The third-order valence-corrected chi connectivity index (χ3v) is 6.45. The Kier molecular flexibility index (Phi) is 4.60. The van der Waals surface area contributed by atoms with Crippen molar-refractivity contribution in [2.24, 2.45) is 7.05 Å². The Labute approximate surface area is 142 Å². The molecule has 3 heterocycles. The van der Waals surface area contributed by atoms with E-state index < -0.39 is 10.0 Å². The molecular weight excluding hydrogens is 326 g/mol. The maximum absolute atomic E-state index is 13.0. The van der Waals surface area contributed by atoms with E-state index in [4.69, 9.17) is 0 Å². The molecule has 130 valence electrons. The molecule has 1 N–H and O–H groups in total. The van der Waals surface area contributed by atoms with Gasteiger partial charge < -0.3 is 5.32 Å². The molecule has 1 aliphatic heterocycles. The first-order valence-electron chi connectivity index (χ1n) is 8.06. The van der Waals surface area contributed by atoms with Crippen LogP contribution in [0.15, 0.2) is 29.4 Å². The molecule has 0 aliphatic carbocycles. The number of sulfonamides is 1. The third kappa shape index (κ3) is 3.16. The molecule has 0 spiro atoms. The van der Waals surface area contributed by atoms with Crippen molar-refractivity contribution < 1.29 is 8.42 Å². The number of nitrogens with zero attached hydrogens (tertiary/aromatic N) is 4. The van der Waals surface area contributed by atoms with Crippen LogP contribution < -0.4 is 5.32 Å². The van der Waals surface area contributed by atoms with Crippen LogP contribution in [-0.4, -0.2) is 47.6 Å². The number of piperidine rings is 1. The maximum Gasteiger partial charge on any atom is 0.246 e. The van der Waals surface area contributed by atoms with Gasteiger partial charge in [0.05, 0.1) is 5.69 Å². The predicted octanol–water partition coefficient (Wildman–Crippen LogP) is 1.73. The van der Waals surface area contributed by atoms with Crippen molar-refractivity contribution in [3.63, 3.8) is 0 Å². The molecule has 3 rings (SSSR count). The summed E-state index contributed by atoms with van der Waals surface area (Å²) in [5, 5.41) is 7.20. The minimum atomic E-state index is -3.51. The van der Waals surface area contributed by atoms with Gasteiger partial charge in [0.1, 0.15) is 10.7 Å². The number of aromatic nitrogens is 3. The first-order valence-corrected chi connectivity index (χ1v) is 9.50. The molecular formula is C16H23N5O2S. The molecule has 8 heteroatoms. The molecule has 1 aliphatic rings. The molecule has 1 unspecified atom stereocenters. The number of pyridine rings is 1. The molecule has 0 saturated carbocycles. The van der Waals surface area contributed by atoms with Gasteiger partial charge in [-0.25, -0.2) is 13.4 Å². The van der Waals surface area contributed by atoms with Crippen LogP contribution in [0.2, 0.25) is 0 Å². The van der Waals surface area contributed by atoms with E-state index in [1.54, 1.807) is 35.4 Å². The van der Waals surface area contributed by atoms with Gasteiger partial charge in [-0.1, -0.05) is 0 Å². The van der Waals surface area contributed by atoms with Crippen LogP contribution >= 0.6 is 0 Å². The van der Waals surface area contributed by atoms with Crippen LogP contribution in [0.3, 0.4) is 0 Å². The summed E-state index contributed by atoms with van der Waals surface area (Å²) in [4.78, 5) is 4.53. The van der Waals surface area contributed by atoms with Crippen molar-refractivity contribution in [2.45, 2.75) is 30.6 Å². The Morgan fingerprint density at radius 3 is 2.83 bits per heavy atom. The first-order chi connectivity index (χ1) is 11.4. The van der Waals surface area contributed by atoms with E-state index in [2.05, 4.69) is 15.4 Å². The molecule has 0 amide bonds. The fourth-order valence-electron chi connectivity index (χ4n) is 3.24. The largest absolute Gasteiger partial charge is 0.373 e. The van der Waals surface area contributed by atoms with Crippen molar-refractivity contribution in [1.29, 1.82) is 0 Å². The lowest BCUT2D eigenvalue weighted by Gasteiger charge is -2.32. The quantitative estimate of drug-likeness (QED) is 0.909. The second-order valence-corrected chi connectivity index (χ2v) is 8.09. The average Bonchev–Trinajstić information content (AvgIpc) is 2.94. The lowest BCUT2D eigenvalue weighted by molar-refractivity contribution is 0.315. The van der Waals surface area contributed by atoms with Crippen LogP contribution in [0.1, 0.15) is 30.0 Å². The third-order valence-electron chi connectivity index (χ3n) is 4.48. The zero-order valence-corrected chi connectivity index (χ0v) is 15.0. The summed E-state index contributed by atoms with van der Waals surface area (Å²) >= 11 is 0. The normalized spacial score (nSPS) is 19.4. The fraction of sp³-hybridized carbons (Fsp3) is 0.500. The zero-order chi connectivity index (χ0) is 17.3. The summed E-state index contributed by atoms with van der Waals surface area (Å²) in [6.45, 7) is 2.78. The fourth-order valence-corrected chi connectivity index (χ4v) is 4.96. The highest BCUT2D eigenvalue weighted by molar-refractivity contribution is 7.89. The van der Waals surface area contributed by atoms with Gasteiger partial charge >= 0.3 is 0 Å². The van der Waals surface area contributed by atoms with E-state index in [9.17, 15) is 8.42 Å². The number of hydrogen-bond acceptors (Lipinski definition) is 5. The summed E-state index contributed by atoms with van der Waals surface area (Å²) in [6.07, 6.45) is 5.17. The van der Waals surface area contributed by atoms with Crippen LogP contribution in [0, 0.1) is 6.92 Å². The standard InChI is InChI=1S/C16H23N5O2S/c1-12-15(11-20(3)19-12)24(22,23)21-8-4-5-14(10-21)13-6-7-18-16(9-13)17-2/h6-7,9,11,14H,4-5,8,10H2,1-3H3,(H,17,18). The molecule has 2 aromatic heterocycles. The number of hydrogen-bond donors (Lipinski definition) is 1. The molecule has 0 aromatic carbocycles. The van der Waals surface area contributed by atoms with E-state index in [1.165, 1.54) is 0 Å². The Hall–Kier alpha value is -1.93. The Morgan fingerprint density at radius 1 is 1.38 bits per heavy atom. The highest BCUT2D eigenvalue weighted by Crippen LogP contribution is 2.31. The van der Waals surface area contributed by atoms with Crippen LogP contribution in [0.4, 0.5) is 5.82 Å². The molecule has 1 saturated heterocycles. The highest BCUT2D eigenvalue weighted by Gasteiger charge is 2.33. The number of anilines is 1. The summed E-state index contributed by atoms with van der Waals surface area (Å²) in [6, 6.07) is 3.97. The topological polar surface area (TPSA) is 80.1 Å². The van der Waals surface area contributed by atoms with E-state index in [-0.39, 0.29) is 5.92 Å². The number of aryl methyl sites for hydroxylation is 2. The van der Waals surface area contributed by atoms with Gasteiger partial charge in [-0.2, -0.15) is 9.40 Å². The van der Waals surface area contributed by atoms with Crippen molar-refractivity contribution in [2.75, 3.05) is 25.5 Å². The van der Waals surface area contributed by atoms with Crippen LogP contribution in [-0.2, 0) is 17.1 Å². The summed E-state index contributed by atoms with van der Waals surface area (Å²) in [5.74, 6) is 0.983. The van der Waals surface area contributed by atoms with Gasteiger partial charge in [0.15, 0.2) is 0 Å². The molecule has 0 radical (unpaired) electrons. The highest BCUT2D eigenvalue weighted by atomic mass is 32.2. The number of nitrogens with one attached hydrogen (secondary N) is 1. The van der Waals surface area contributed by atoms with Gasteiger partial charge in [-0.05, 0) is 43.4 Å². The van der Waals surface area contributed by atoms with E-state index >= 15 is 0 Å². The Bertz CT molecular complexity index is 831. The average molecular weight is 349 g/mol. The van der Waals surface area contributed by atoms with Crippen LogP contribution in [0.5, 0.6) is 0 Å². The van der Waals surface area contributed by atoms with E-state index in [0.717, 1.165) is 24.2 Å². The van der Waals surface area contributed by atoms with Gasteiger partial charge in [-0.15, -0.1) is 0 Å². The SMILES string of the molecule is CNc1cc(C2CCCN(S(=O)(=O)c3cn(C)nc3C)C2)ccn1. The van der Waals surface area contributed by atoms with E-state index in [0.29, 0.717) is 23.7 Å². The number of rotatable bonds is 4. The van der Waals surface area contributed by atoms with E-state index in [1.807, 2.05) is 19.2 Å². The van der Waals surface area contributed by atoms with Gasteiger partial charge in [0.2, 0.25) is 10.0 Å². The van der Waals surface area contributed by atoms with Gasteiger partial charge in [0.25, 0.3) is 0 Å². The summed E-state index contributed by atoms with van der Waals surface area (Å²) in [7, 11) is 0.0560. The minimum Gasteiger partial charge on any atom is -0.373 e. The van der Waals surface area contributed by atoms with Crippen molar-refractivity contribution in [3.05, 3.63) is 35.8 Å². The van der Waals surface area contributed by atoms with Gasteiger partial charge in [-0.3, -0.25) is 4.68 Å². The van der Waals surface area contributed by atoms with Crippen LogP contribution in [0.25, 0.3) is 0 Å². The predicted molar refractivity (Wildman–Crippen MR) is 92.5 cm³/mol. The molecule has 0 bridgehead atoms. The monoisotopic (exact) mass is 349 g/mol. The second kappa shape index (κ2) is 6.52.